The SMILES string of the molecule is CCCCC/C=C\C/C=C\C/C=C\CCCCC(=O)OC(C)CO. The number of aliphatic hydroxyl groups is 1. The van der Waals surface area contributed by atoms with Crippen LogP contribution in [0, 0.1) is 0 Å². The Morgan fingerprint density at radius 3 is 2.00 bits per heavy atom. The number of carbonyl (C=O) groups is 1. The second-order valence-electron chi connectivity index (χ2n) is 6.11. The summed E-state index contributed by atoms with van der Waals surface area (Å²) in [6.45, 7) is 3.81. The van der Waals surface area contributed by atoms with Gasteiger partial charge < -0.3 is 9.84 Å². The van der Waals surface area contributed by atoms with E-state index in [2.05, 4.69) is 43.4 Å². The van der Waals surface area contributed by atoms with E-state index >= 15 is 0 Å². The second kappa shape index (κ2) is 18.0. The Hall–Kier alpha value is -1.35. The molecule has 24 heavy (non-hydrogen) atoms. The number of rotatable bonds is 15. The van der Waals surface area contributed by atoms with Crippen LogP contribution in [0.5, 0.6) is 0 Å². The normalized spacial score (nSPS) is 13.3. The number of unbranched alkanes of at least 4 members (excludes halogenated alkanes) is 5. The minimum Gasteiger partial charge on any atom is -0.460 e. The Bertz CT molecular complexity index is 369. The monoisotopic (exact) mass is 336 g/mol. The van der Waals surface area contributed by atoms with Crippen LogP contribution < -0.4 is 0 Å². The highest BCUT2D eigenvalue weighted by atomic mass is 16.5. The van der Waals surface area contributed by atoms with E-state index in [-0.39, 0.29) is 12.6 Å². The molecular formula is C21H36O3. The van der Waals surface area contributed by atoms with E-state index in [0.29, 0.717) is 6.42 Å². The highest BCUT2D eigenvalue weighted by Gasteiger charge is 2.07. The van der Waals surface area contributed by atoms with E-state index in [0.717, 1.165) is 32.1 Å². The summed E-state index contributed by atoms with van der Waals surface area (Å²) in [5.74, 6) is -0.216. The van der Waals surface area contributed by atoms with Crippen molar-refractivity contribution in [1.29, 1.82) is 0 Å². The van der Waals surface area contributed by atoms with Crippen LogP contribution in [-0.4, -0.2) is 23.8 Å². The molecule has 0 heterocycles. The van der Waals surface area contributed by atoms with Crippen molar-refractivity contribution in [3.8, 4) is 0 Å². The molecule has 0 radical (unpaired) electrons. The molecule has 0 aromatic rings. The van der Waals surface area contributed by atoms with Crippen LogP contribution in [0.15, 0.2) is 36.5 Å². The third kappa shape index (κ3) is 17.0. The number of hydrogen-bond donors (Lipinski definition) is 1. The molecule has 0 saturated heterocycles. The summed E-state index contributed by atoms with van der Waals surface area (Å²) in [5.41, 5.74) is 0. The van der Waals surface area contributed by atoms with Gasteiger partial charge in [-0.2, -0.15) is 0 Å². The zero-order valence-electron chi connectivity index (χ0n) is 15.6. The van der Waals surface area contributed by atoms with Gasteiger partial charge in [-0.25, -0.2) is 0 Å². The van der Waals surface area contributed by atoms with E-state index in [1.54, 1.807) is 6.92 Å². The quantitative estimate of drug-likeness (QED) is 0.244. The van der Waals surface area contributed by atoms with Crippen molar-refractivity contribution >= 4 is 5.97 Å². The summed E-state index contributed by atoms with van der Waals surface area (Å²) in [6, 6.07) is 0. The van der Waals surface area contributed by atoms with E-state index < -0.39 is 6.10 Å². The summed E-state index contributed by atoms with van der Waals surface area (Å²) in [5, 5.41) is 8.79. The topological polar surface area (TPSA) is 46.5 Å². The van der Waals surface area contributed by atoms with E-state index in [1.807, 2.05) is 0 Å². The zero-order chi connectivity index (χ0) is 17.9. The fourth-order valence-corrected chi connectivity index (χ4v) is 2.14. The maximum absolute atomic E-state index is 11.4. The van der Waals surface area contributed by atoms with Crippen LogP contribution >= 0.6 is 0 Å². The van der Waals surface area contributed by atoms with E-state index in [1.165, 1.54) is 25.7 Å². The van der Waals surface area contributed by atoms with Crippen molar-refractivity contribution in [3.05, 3.63) is 36.5 Å². The van der Waals surface area contributed by atoms with Gasteiger partial charge in [0.2, 0.25) is 0 Å². The molecule has 3 heteroatoms. The van der Waals surface area contributed by atoms with Gasteiger partial charge in [-0.3, -0.25) is 4.79 Å². The van der Waals surface area contributed by atoms with E-state index in [4.69, 9.17) is 9.84 Å². The number of hydrogen-bond acceptors (Lipinski definition) is 3. The molecule has 1 atom stereocenters. The van der Waals surface area contributed by atoms with Crippen molar-refractivity contribution < 1.29 is 14.6 Å². The molecule has 0 aliphatic carbocycles. The molecule has 0 aromatic heterocycles. The molecular weight excluding hydrogens is 300 g/mol. The molecule has 0 bridgehead atoms. The van der Waals surface area contributed by atoms with Crippen LogP contribution in [0.1, 0.15) is 78.1 Å². The van der Waals surface area contributed by atoms with Crippen molar-refractivity contribution in [2.45, 2.75) is 84.2 Å². The number of allylic oxidation sites excluding steroid dienone is 6. The Labute approximate surface area is 148 Å². The predicted molar refractivity (Wildman–Crippen MR) is 102 cm³/mol. The lowest BCUT2D eigenvalue weighted by Gasteiger charge is -2.09. The maximum Gasteiger partial charge on any atom is 0.306 e. The van der Waals surface area contributed by atoms with Gasteiger partial charge >= 0.3 is 5.97 Å². The summed E-state index contributed by atoms with van der Waals surface area (Å²) >= 11 is 0. The van der Waals surface area contributed by atoms with Crippen LogP contribution in [0.3, 0.4) is 0 Å². The minimum atomic E-state index is -0.393. The Morgan fingerprint density at radius 1 is 0.917 bits per heavy atom. The third-order valence-electron chi connectivity index (χ3n) is 3.61. The first-order valence-corrected chi connectivity index (χ1v) is 9.46. The van der Waals surface area contributed by atoms with Gasteiger partial charge in [0.05, 0.1) is 6.61 Å². The molecule has 3 nitrogen and oxygen atoms in total. The van der Waals surface area contributed by atoms with Gasteiger partial charge in [-0.15, -0.1) is 0 Å². The molecule has 0 aliphatic heterocycles. The summed E-state index contributed by atoms with van der Waals surface area (Å²) < 4.78 is 5.00. The third-order valence-corrected chi connectivity index (χ3v) is 3.61. The van der Waals surface area contributed by atoms with Crippen molar-refractivity contribution in [2.75, 3.05) is 6.61 Å². The van der Waals surface area contributed by atoms with Gasteiger partial charge in [0.25, 0.3) is 0 Å². The lowest BCUT2D eigenvalue weighted by molar-refractivity contribution is -0.150. The highest BCUT2D eigenvalue weighted by molar-refractivity contribution is 5.69. The Kier molecular flexibility index (Phi) is 17.0. The molecule has 0 aliphatic rings. The molecule has 0 rings (SSSR count). The number of ether oxygens (including phenoxy) is 1. The van der Waals surface area contributed by atoms with Crippen LogP contribution in [0.4, 0.5) is 0 Å². The number of aliphatic hydroxyl groups excluding tert-OH is 1. The predicted octanol–water partition coefficient (Wildman–Crippen LogP) is 5.50. The summed E-state index contributed by atoms with van der Waals surface area (Å²) in [6.07, 6.45) is 23.2. The number of esters is 1. The van der Waals surface area contributed by atoms with Gasteiger partial charge in [-0.05, 0) is 51.9 Å². The molecule has 0 aromatic carbocycles. The highest BCUT2D eigenvalue weighted by Crippen LogP contribution is 2.04. The Balaban J connectivity index is 3.43. The molecule has 0 spiro atoms. The van der Waals surface area contributed by atoms with Crippen LogP contribution in [-0.2, 0) is 9.53 Å². The largest absolute Gasteiger partial charge is 0.460 e. The van der Waals surface area contributed by atoms with Gasteiger partial charge in [0.15, 0.2) is 0 Å². The first kappa shape index (κ1) is 22.6. The molecule has 138 valence electrons. The zero-order valence-corrected chi connectivity index (χ0v) is 15.6. The minimum absolute atomic E-state index is 0.114. The molecule has 0 saturated carbocycles. The lowest BCUT2D eigenvalue weighted by Crippen LogP contribution is -2.17. The first-order valence-electron chi connectivity index (χ1n) is 9.46. The fourth-order valence-electron chi connectivity index (χ4n) is 2.14. The molecule has 0 fully saturated rings. The Morgan fingerprint density at radius 2 is 1.46 bits per heavy atom. The second-order valence-corrected chi connectivity index (χ2v) is 6.11. The summed E-state index contributed by atoms with van der Waals surface area (Å²) in [4.78, 5) is 11.4. The first-order chi connectivity index (χ1) is 11.7. The van der Waals surface area contributed by atoms with Crippen molar-refractivity contribution in [3.63, 3.8) is 0 Å². The molecule has 1 unspecified atom stereocenters. The van der Waals surface area contributed by atoms with Crippen LogP contribution in [0.2, 0.25) is 0 Å². The van der Waals surface area contributed by atoms with Gasteiger partial charge in [-0.1, -0.05) is 56.2 Å². The van der Waals surface area contributed by atoms with Gasteiger partial charge in [0.1, 0.15) is 6.10 Å². The van der Waals surface area contributed by atoms with E-state index in [9.17, 15) is 4.79 Å². The lowest BCUT2D eigenvalue weighted by atomic mass is 10.1. The average Bonchev–Trinajstić information content (AvgIpc) is 2.58. The van der Waals surface area contributed by atoms with Gasteiger partial charge in [0, 0.05) is 6.42 Å². The van der Waals surface area contributed by atoms with Crippen molar-refractivity contribution in [1.82, 2.24) is 0 Å². The molecule has 0 amide bonds. The van der Waals surface area contributed by atoms with Crippen molar-refractivity contribution in [2.24, 2.45) is 0 Å². The fraction of sp³-hybridized carbons (Fsp3) is 0.667. The summed E-state index contributed by atoms with van der Waals surface area (Å²) in [7, 11) is 0. The molecule has 1 N–H and O–H groups in total. The number of carbonyl (C=O) groups excluding carboxylic acids is 1. The van der Waals surface area contributed by atoms with Crippen LogP contribution in [0.25, 0.3) is 0 Å². The standard InChI is InChI=1S/C21H36O3/c1-3-4-5-6-7-8-9-10-11-12-13-14-15-16-17-18-21(23)24-20(2)19-22/h7-8,10-11,13-14,20,22H,3-6,9,12,15-19H2,1-2H3/b8-7-,11-10-,14-13-. The maximum atomic E-state index is 11.4. The smallest absolute Gasteiger partial charge is 0.306 e. The average molecular weight is 337 g/mol.